The van der Waals surface area contributed by atoms with Crippen molar-refractivity contribution in [1.82, 2.24) is 20.4 Å². The molecular weight excluding hydrogens is 332 g/mol. The largest absolute Gasteiger partial charge is 0.369 e. The Labute approximate surface area is 156 Å². The van der Waals surface area contributed by atoms with Gasteiger partial charge >= 0.3 is 0 Å². The van der Waals surface area contributed by atoms with E-state index in [1.54, 1.807) is 7.05 Å². The Hall–Kier alpha value is -1.83. The fourth-order valence-electron chi connectivity index (χ4n) is 3.72. The summed E-state index contributed by atoms with van der Waals surface area (Å²) in [5.74, 6) is 0.828. The van der Waals surface area contributed by atoms with Gasteiger partial charge in [0, 0.05) is 45.7 Å². The minimum absolute atomic E-state index is 0.00212. The molecule has 0 aromatic carbocycles. The van der Waals surface area contributed by atoms with E-state index in [0.717, 1.165) is 70.9 Å². The minimum atomic E-state index is -0.176. The van der Waals surface area contributed by atoms with Gasteiger partial charge in [-0.3, -0.25) is 14.6 Å². The van der Waals surface area contributed by atoms with Crippen LogP contribution in [0.3, 0.4) is 0 Å². The van der Waals surface area contributed by atoms with Crippen LogP contribution in [0.25, 0.3) is 0 Å². The molecule has 26 heavy (non-hydrogen) atoms. The predicted molar refractivity (Wildman–Crippen MR) is 103 cm³/mol. The van der Waals surface area contributed by atoms with Crippen molar-refractivity contribution in [3.05, 3.63) is 0 Å². The van der Waals surface area contributed by atoms with Crippen molar-refractivity contribution in [2.45, 2.75) is 45.1 Å². The SMILES string of the molecule is CCC(=O)N1CCC(NC(=NC)NCCCN2CCCC(C(N)=O)C2)C1. The molecule has 2 saturated heterocycles. The number of piperidine rings is 1. The summed E-state index contributed by atoms with van der Waals surface area (Å²) in [5.41, 5.74) is 5.43. The maximum Gasteiger partial charge on any atom is 0.222 e. The summed E-state index contributed by atoms with van der Waals surface area (Å²) in [6.45, 7) is 7.06. The van der Waals surface area contributed by atoms with Gasteiger partial charge < -0.3 is 26.2 Å². The first-order chi connectivity index (χ1) is 12.5. The smallest absolute Gasteiger partial charge is 0.222 e. The first-order valence-electron chi connectivity index (χ1n) is 9.80. The molecule has 2 atom stereocenters. The number of rotatable bonds is 7. The van der Waals surface area contributed by atoms with Crippen molar-refractivity contribution in [2.75, 3.05) is 46.3 Å². The van der Waals surface area contributed by atoms with Crippen molar-refractivity contribution in [1.29, 1.82) is 0 Å². The first kappa shape index (κ1) is 20.5. The molecular formula is C18H34N6O2. The summed E-state index contributed by atoms with van der Waals surface area (Å²) in [5, 5.41) is 6.75. The van der Waals surface area contributed by atoms with Gasteiger partial charge in [0.1, 0.15) is 0 Å². The first-order valence-corrected chi connectivity index (χ1v) is 9.80. The van der Waals surface area contributed by atoms with Crippen molar-refractivity contribution in [3.8, 4) is 0 Å². The topological polar surface area (TPSA) is 103 Å². The number of guanidine groups is 1. The number of likely N-dealkylation sites (tertiary alicyclic amines) is 2. The molecule has 4 N–H and O–H groups in total. The highest BCUT2D eigenvalue weighted by molar-refractivity contribution is 5.80. The van der Waals surface area contributed by atoms with Crippen molar-refractivity contribution >= 4 is 17.8 Å². The number of nitrogens with one attached hydrogen (secondary N) is 2. The molecule has 0 aromatic heterocycles. The standard InChI is InChI=1S/C18H34N6O2/c1-3-16(25)24-11-7-15(13-24)22-18(20-2)21-8-5-10-23-9-4-6-14(12-23)17(19)26/h14-15H,3-13H2,1-2H3,(H2,19,26)(H2,20,21,22). The third-order valence-electron chi connectivity index (χ3n) is 5.26. The van der Waals surface area contributed by atoms with Gasteiger partial charge in [-0.1, -0.05) is 6.92 Å². The lowest BCUT2D eigenvalue weighted by Gasteiger charge is -2.31. The lowest BCUT2D eigenvalue weighted by Crippen LogP contribution is -2.46. The second-order valence-corrected chi connectivity index (χ2v) is 7.22. The predicted octanol–water partition coefficient (Wildman–Crippen LogP) is -0.250. The normalized spacial score (nSPS) is 24.5. The molecule has 0 aliphatic carbocycles. The average molecular weight is 367 g/mol. The second-order valence-electron chi connectivity index (χ2n) is 7.22. The number of nitrogens with two attached hydrogens (primary N) is 1. The maximum atomic E-state index is 11.8. The van der Waals surface area contributed by atoms with Crippen LogP contribution in [0.5, 0.6) is 0 Å². The van der Waals surface area contributed by atoms with Crippen molar-refractivity contribution in [2.24, 2.45) is 16.6 Å². The van der Waals surface area contributed by atoms with Crippen LogP contribution in [0.1, 0.15) is 39.0 Å². The van der Waals surface area contributed by atoms with Crippen molar-refractivity contribution in [3.63, 3.8) is 0 Å². The molecule has 2 unspecified atom stereocenters. The van der Waals surface area contributed by atoms with Gasteiger partial charge in [-0.15, -0.1) is 0 Å². The van der Waals surface area contributed by atoms with Crippen LogP contribution < -0.4 is 16.4 Å². The van der Waals surface area contributed by atoms with Crippen molar-refractivity contribution < 1.29 is 9.59 Å². The van der Waals surface area contributed by atoms with E-state index >= 15 is 0 Å². The number of hydrogen-bond acceptors (Lipinski definition) is 4. The summed E-state index contributed by atoms with van der Waals surface area (Å²) in [7, 11) is 1.77. The Bertz CT molecular complexity index is 510. The average Bonchev–Trinajstić information content (AvgIpc) is 3.12. The van der Waals surface area contributed by atoms with Gasteiger partial charge in [-0.25, -0.2) is 0 Å². The molecule has 2 amide bonds. The van der Waals surface area contributed by atoms with Crippen LogP contribution in [-0.2, 0) is 9.59 Å². The Morgan fingerprint density at radius 3 is 2.73 bits per heavy atom. The third-order valence-corrected chi connectivity index (χ3v) is 5.26. The van der Waals surface area contributed by atoms with E-state index in [1.807, 2.05) is 11.8 Å². The lowest BCUT2D eigenvalue weighted by atomic mass is 9.97. The van der Waals surface area contributed by atoms with E-state index < -0.39 is 0 Å². The molecule has 0 spiro atoms. The number of carbonyl (C=O) groups excluding carboxylic acids is 2. The second kappa shape index (κ2) is 10.4. The van der Waals surface area contributed by atoms with Gasteiger partial charge in [0.2, 0.25) is 11.8 Å². The quantitative estimate of drug-likeness (QED) is 0.328. The molecule has 0 saturated carbocycles. The Morgan fingerprint density at radius 1 is 1.23 bits per heavy atom. The van der Waals surface area contributed by atoms with Gasteiger partial charge in [-0.05, 0) is 38.8 Å². The highest BCUT2D eigenvalue weighted by Crippen LogP contribution is 2.15. The summed E-state index contributed by atoms with van der Waals surface area (Å²) >= 11 is 0. The Morgan fingerprint density at radius 2 is 2.04 bits per heavy atom. The van der Waals surface area contributed by atoms with Crippen LogP contribution >= 0.6 is 0 Å². The van der Waals surface area contributed by atoms with E-state index in [9.17, 15) is 9.59 Å². The fraction of sp³-hybridized carbons (Fsp3) is 0.833. The van der Waals surface area contributed by atoms with E-state index in [1.165, 1.54) is 0 Å². The van der Waals surface area contributed by atoms with E-state index in [0.29, 0.717) is 6.42 Å². The van der Waals surface area contributed by atoms with E-state index in [-0.39, 0.29) is 23.8 Å². The van der Waals surface area contributed by atoms with E-state index in [4.69, 9.17) is 5.73 Å². The molecule has 2 heterocycles. The Kier molecular flexibility index (Phi) is 8.15. The third kappa shape index (κ3) is 6.16. The highest BCUT2D eigenvalue weighted by atomic mass is 16.2. The zero-order chi connectivity index (χ0) is 18.9. The van der Waals surface area contributed by atoms with Gasteiger partial charge in [-0.2, -0.15) is 0 Å². The molecule has 8 heteroatoms. The molecule has 0 aromatic rings. The molecule has 2 rings (SSSR count). The van der Waals surface area contributed by atoms with E-state index in [2.05, 4.69) is 20.5 Å². The zero-order valence-corrected chi connectivity index (χ0v) is 16.2. The summed E-state index contributed by atoms with van der Waals surface area (Å²) < 4.78 is 0. The number of aliphatic imine (C=N–C) groups is 1. The summed E-state index contributed by atoms with van der Waals surface area (Å²) in [6.07, 6.45) is 4.46. The van der Waals surface area contributed by atoms with Crippen LogP contribution in [0.4, 0.5) is 0 Å². The number of carbonyl (C=O) groups is 2. The lowest BCUT2D eigenvalue weighted by molar-refractivity contribution is -0.129. The van der Waals surface area contributed by atoms with Gasteiger partial charge in [0.15, 0.2) is 5.96 Å². The summed E-state index contributed by atoms with van der Waals surface area (Å²) in [4.78, 5) is 31.6. The minimum Gasteiger partial charge on any atom is -0.369 e. The van der Waals surface area contributed by atoms with Gasteiger partial charge in [0.25, 0.3) is 0 Å². The molecule has 148 valence electrons. The fourth-order valence-corrected chi connectivity index (χ4v) is 3.72. The number of amides is 2. The van der Waals surface area contributed by atoms with Crippen LogP contribution in [-0.4, -0.2) is 79.9 Å². The van der Waals surface area contributed by atoms with Crippen LogP contribution in [0.2, 0.25) is 0 Å². The molecule has 0 radical (unpaired) electrons. The summed E-state index contributed by atoms with van der Waals surface area (Å²) in [6, 6.07) is 0.259. The number of hydrogen-bond donors (Lipinski definition) is 3. The van der Waals surface area contributed by atoms with Crippen LogP contribution in [0, 0.1) is 5.92 Å². The molecule has 2 fully saturated rings. The molecule has 2 aliphatic heterocycles. The molecule has 8 nitrogen and oxygen atoms in total. The molecule has 2 aliphatic rings. The maximum absolute atomic E-state index is 11.8. The highest BCUT2D eigenvalue weighted by Gasteiger charge is 2.26. The number of nitrogens with zero attached hydrogens (tertiary/aromatic N) is 3. The number of primary amides is 1. The Balaban J connectivity index is 1.63. The monoisotopic (exact) mass is 366 g/mol. The van der Waals surface area contributed by atoms with Gasteiger partial charge in [0.05, 0.1) is 5.92 Å². The molecule has 0 bridgehead atoms. The van der Waals surface area contributed by atoms with Crippen LogP contribution in [0.15, 0.2) is 4.99 Å². The zero-order valence-electron chi connectivity index (χ0n) is 16.2.